The van der Waals surface area contributed by atoms with Crippen LogP contribution in [0.2, 0.25) is 14.8 Å². The standard InChI is InChI=1S/C62H90NO19.3CH3.Sn/c1-32-50(80-54-49(75)45(71)37(67)30-77-54)47(73)48(74)52(78-32)62(53-51(81-62)46(72)44(38(29-64)79-53)63-43(70)18-14-9-8-13-17-36(66)33-15-11-10-12-16-33)82-55(76)61-26-25-56(2,3)27-35(61)34-19-20-40-57(4)23-22-41(68)58(5,31-65)39(57)21-24-59(40,6)60(34,7)28-42(61)69;;;;/h11-12,15-16,19,31-32,35,37-42,44-54,64,67-69,71-75H,8-9,13-14,17-18,20-30H2,1-7H3,(H,63,70);3*1H3;/t32-,35?,37?,38+,39-,40?,41+,42?,44?,45?,46?,47?,48?,49?,50?,51?,52-,53-,54+,57?,58-,59+,60-,61-,62?;;;;/m1..../s1. The van der Waals surface area contributed by atoms with Gasteiger partial charge < -0.3 is 84.5 Å². The van der Waals surface area contributed by atoms with Crippen LogP contribution in [0.1, 0.15) is 155 Å². The molecule has 1 amide bonds. The van der Waals surface area contributed by atoms with Gasteiger partial charge in [-0.1, -0.05) is 53.2 Å². The van der Waals surface area contributed by atoms with E-state index >= 15 is 4.79 Å². The first-order valence-electron chi connectivity index (χ1n) is 31.9. The number of carbonyl (C=O) groups excluding carboxylic acids is 4. The molecule has 25 atom stereocenters. The molecule has 482 valence electrons. The molecule has 21 heteroatoms. The summed E-state index contributed by atoms with van der Waals surface area (Å²) < 4.78 is 39.3. The van der Waals surface area contributed by atoms with E-state index in [2.05, 4.69) is 73.0 Å². The molecule has 4 saturated heterocycles. The van der Waals surface area contributed by atoms with Crippen molar-refractivity contribution < 1.29 is 93.6 Å². The van der Waals surface area contributed by atoms with Crippen molar-refractivity contribution in [3.8, 4) is 0 Å². The number of nitrogens with one attached hydrogen (secondary N) is 1. The number of rotatable bonds is 17. The molecule has 4 aliphatic heterocycles. The third-order valence-electron chi connectivity index (χ3n) is 23.8. The molecule has 0 aromatic heterocycles. The van der Waals surface area contributed by atoms with Crippen molar-refractivity contribution in [3.05, 3.63) is 41.5 Å². The molecule has 4 saturated carbocycles. The number of unbranched alkanes of at least 4 members (excludes halogenated alkanes) is 3. The van der Waals surface area contributed by atoms with Gasteiger partial charge >= 0.3 is 128 Å². The van der Waals surface area contributed by atoms with E-state index in [0.717, 1.165) is 24.7 Å². The summed E-state index contributed by atoms with van der Waals surface area (Å²) in [6.07, 6.45) is -11.8. The number of Topliss-reactive ketones (excluding diaryl/α,β-unsaturated/α-hetero) is 1. The molecule has 8 fully saturated rings. The number of benzene rings is 1. The summed E-state index contributed by atoms with van der Waals surface area (Å²) in [5.41, 5.74) is -2.44. The first-order valence-corrected chi connectivity index (χ1v) is 41.9. The van der Waals surface area contributed by atoms with Crippen LogP contribution in [0.15, 0.2) is 35.9 Å². The molecule has 9 aliphatic rings. The van der Waals surface area contributed by atoms with Gasteiger partial charge in [-0.05, 0) is 104 Å². The number of amides is 1. The van der Waals surface area contributed by atoms with Crippen molar-refractivity contribution >= 4 is 45.9 Å². The zero-order chi connectivity index (χ0) is 62.6. The van der Waals surface area contributed by atoms with Crippen LogP contribution in [0.4, 0.5) is 0 Å². The second-order valence-electron chi connectivity index (χ2n) is 30.3. The largest absolute Gasteiger partial charge is 0.394 e. The topological polar surface area (TPSA) is 318 Å². The molecule has 4 heterocycles. The quantitative estimate of drug-likeness (QED) is 0.0266. The Labute approximate surface area is 510 Å². The molecular weight excluding hydrogens is 1220 g/mol. The maximum atomic E-state index is 16.2. The van der Waals surface area contributed by atoms with E-state index in [1.807, 2.05) is 19.1 Å². The third kappa shape index (κ3) is 11.0. The number of carbonyl (C=O) groups is 4. The summed E-state index contributed by atoms with van der Waals surface area (Å²) in [6, 6.07) is 6.76. The zero-order valence-electron chi connectivity index (χ0n) is 52.1. The number of hydrogen-bond donors (Lipinski definition) is 10. The fourth-order valence-corrected chi connectivity index (χ4v) is 21.6. The molecular formula is C65H99NO19Sn. The van der Waals surface area contributed by atoms with Crippen LogP contribution >= 0.6 is 0 Å². The van der Waals surface area contributed by atoms with Crippen molar-refractivity contribution in [2.24, 2.45) is 50.2 Å². The number of ether oxygens (including phenoxy) is 6. The molecule has 0 bridgehead atoms. The number of hydrogen-bond acceptors (Lipinski definition) is 19. The van der Waals surface area contributed by atoms with Gasteiger partial charge in [-0.25, -0.2) is 0 Å². The Balaban J connectivity index is 0.902. The fraction of sp³-hybridized carbons (Fsp3) is 0.815. The Morgan fingerprint density at radius 2 is 1.44 bits per heavy atom. The molecule has 10 N–H and O–H groups in total. The van der Waals surface area contributed by atoms with Crippen LogP contribution in [-0.4, -0.2) is 205 Å². The second kappa shape index (κ2) is 24.2. The number of allylic oxidation sites excluding steroid dienone is 2. The second-order valence-corrected chi connectivity index (χ2v) is 44.8. The van der Waals surface area contributed by atoms with Crippen LogP contribution in [-0.2, 0) is 42.8 Å². The predicted octanol–water partition coefficient (Wildman–Crippen LogP) is 3.64. The van der Waals surface area contributed by atoms with Crippen molar-refractivity contribution in [1.82, 2.24) is 5.32 Å². The van der Waals surface area contributed by atoms with Crippen molar-refractivity contribution in [2.75, 3.05) is 13.2 Å². The van der Waals surface area contributed by atoms with Gasteiger partial charge in [-0.15, -0.1) is 0 Å². The van der Waals surface area contributed by atoms with Gasteiger partial charge in [-0.3, -0.25) is 9.59 Å². The molecule has 0 radical (unpaired) electrons. The van der Waals surface area contributed by atoms with Gasteiger partial charge in [0.1, 0.15) is 66.6 Å². The summed E-state index contributed by atoms with van der Waals surface area (Å²) in [4.78, 5) is 62.6. The zero-order valence-corrected chi connectivity index (χ0v) is 54.9. The molecule has 14 unspecified atom stereocenters. The Bertz CT molecular complexity index is 2700. The number of esters is 1. The first kappa shape index (κ1) is 66.4. The predicted molar refractivity (Wildman–Crippen MR) is 315 cm³/mol. The molecule has 20 nitrogen and oxygen atoms in total. The van der Waals surface area contributed by atoms with Gasteiger partial charge in [-0.2, -0.15) is 0 Å². The Morgan fingerprint density at radius 1 is 0.756 bits per heavy atom. The average molecular weight is 1320 g/mol. The third-order valence-corrected chi connectivity index (χ3v) is 29.7. The van der Waals surface area contributed by atoms with Crippen LogP contribution in [0.25, 0.3) is 0 Å². The average Bonchev–Trinajstić information content (AvgIpc) is 0.712. The van der Waals surface area contributed by atoms with E-state index in [4.69, 9.17) is 28.4 Å². The van der Waals surface area contributed by atoms with Gasteiger partial charge in [0.05, 0.1) is 43.0 Å². The fourth-order valence-electron chi connectivity index (χ4n) is 18.3. The molecule has 5 aliphatic carbocycles. The minimum atomic E-state index is -2.49. The number of aldehydes is 1. The van der Waals surface area contributed by atoms with E-state index in [-0.39, 0.29) is 47.7 Å². The normalized spacial score (nSPS) is 47.0. The van der Waals surface area contributed by atoms with Crippen molar-refractivity contribution in [2.45, 2.75) is 263 Å². The van der Waals surface area contributed by atoms with Crippen LogP contribution in [0.5, 0.6) is 0 Å². The Hall–Kier alpha value is -2.52. The van der Waals surface area contributed by atoms with E-state index in [0.29, 0.717) is 69.8 Å². The number of aliphatic hydroxyl groups is 9. The monoisotopic (exact) mass is 1320 g/mol. The first-order chi connectivity index (χ1) is 40.3. The minimum Gasteiger partial charge on any atom is -0.394 e. The van der Waals surface area contributed by atoms with Crippen molar-refractivity contribution in [1.29, 1.82) is 0 Å². The molecule has 1 aromatic rings. The van der Waals surface area contributed by atoms with Crippen LogP contribution in [0, 0.1) is 50.2 Å². The minimum absolute atomic E-state index is 0.0617. The molecule has 0 spiro atoms. The number of ketones is 1. The SMILES string of the molecule is C[C@H]1O[C@@H](C2(OC(=O)[C@]34CCC(C)(C)CC3C3=CCC5C6(C)CC[C@H](O)[C@](C)(C=O)[C@@H]6CC[C@]5(C)[C@]3(C)CC4O)OC3C(O)C(NC(=O)CCCCCCC(=O)c4cc[c]([Sn]([CH3])([CH3])[CH3])cc4)[C@H](CO)O[C@H]32)C(O)C(O)C1O[C@@H]1OCC(O)C(O)C1O. The Morgan fingerprint density at radius 3 is 2.10 bits per heavy atom. The summed E-state index contributed by atoms with van der Waals surface area (Å²) in [7, 11) is 0. The van der Waals surface area contributed by atoms with E-state index in [1.54, 1.807) is 0 Å². The van der Waals surface area contributed by atoms with Crippen molar-refractivity contribution in [3.63, 3.8) is 0 Å². The number of fused-ring (bicyclic) bond motifs is 8. The number of aliphatic hydroxyl groups excluding tert-OH is 9. The van der Waals surface area contributed by atoms with E-state index in [1.165, 1.54) is 10.5 Å². The van der Waals surface area contributed by atoms with Crippen LogP contribution < -0.4 is 8.90 Å². The Kier molecular flexibility index (Phi) is 18.7. The molecule has 10 rings (SSSR count). The smallest absolute Gasteiger partial charge is 0.186 e. The van der Waals surface area contributed by atoms with Gasteiger partial charge in [0, 0.05) is 0 Å². The van der Waals surface area contributed by atoms with Crippen LogP contribution in [0.3, 0.4) is 0 Å². The van der Waals surface area contributed by atoms with E-state index in [9.17, 15) is 60.3 Å². The van der Waals surface area contributed by atoms with Gasteiger partial charge in [0.25, 0.3) is 5.79 Å². The maximum Gasteiger partial charge on any atom is 0.186 e. The summed E-state index contributed by atoms with van der Waals surface area (Å²) >= 11 is -2.26. The molecule has 86 heavy (non-hydrogen) atoms. The summed E-state index contributed by atoms with van der Waals surface area (Å²) in [5, 5.41) is 106. The van der Waals surface area contributed by atoms with Gasteiger partial charge in [0.2, 0.25) is 0 Å². The van der Waals surface area contributed by atoms with E-state index < -0.39 is 175 Å². The molecule has 1 aromatic carbocycles. The summed E-state index contributed by atoms with van der Waals surface area (Å²) in [5.74, 6) is -4.28. The summed E-state index contributed by atoms with van der Waals surface area (Å²) in [6.45, 7) is 13.3. The van der Waals surface area contributed by atoms with Gasteiger partial charge in [0.15, 0.2) is 18.5 Å². The maximum absolute atomic E-state index is 16.2.